The topological polar surface area (TPSA) is 83.5 Å². The van der Waals surface area contributed by atoms with E-state index in [2.05, 4.69) is 5.32 Å². The number of rotatable bonds is 7. The van der Waals surface area contributed by atoms with Crippen LogP contribution in [0.4, 0.5) is 0 Å². The minimum Gasteiger partial charge on any atom is -0.480 e. The number of carbonyl (C=O) groups is 1. The van der Waals surface area contributed by atoms with E-state index < -0.39 is 21.8 Å². The highest BCUT2D eigenvalue weighted by molar-refractivity contribution is 7.91. The predicted molar refractivity (Wildman–Crippen MR) is 77.8 cm³/mol. The van der Waals surface area contributed by atoms with Gasteiger partial charge in [0.2, 0.25) is 0 Å². The molecule has 7 heteroatoms. The van der Waals surface area contributed by atoms with Crippen LogP contribution in [0.15, 0.2) is 29.2 Å². The number of sulfone groups is 1. The Labute approximate surface area is 123 Å². The largest absolute Gasteiger partial charge is 0.480 e. The lowest BCUT2D eigenvalue weighted by atomic mass is 10.1. The van der Waals surface area contributed by atoms with E-state index >= 15 is 0 Å². The Morgan fingerprint density at radius 3 is 2.30 bits per heavy atom. The van der Waals surface area contributed by atoms with E-state index in [0.717, 1.165) is 0 Å². The molecule has 20 heavy (non-hydrogen) atoms. The van der Waals surface area contributed by atoms with Crippen molar-refractivity contribution in [3.63, 3.8) is 0 Å². The van der Waals surface area contributed by atoms with Gasteiger partial charge < -0.3 is 10.4 Å². The fourth-order valence-corrected chi connectivity index (χ4v) is 3.02. The van der Waals surface area contributed by atoms with E-state index in [0.29, 0.717) is 5.02 Å². The fourth-order valence-electron chi connectivity index (χ4n) is 1.72. The van der Waals surface area contributed by atoms with Crippen LogP contribution < -0.4 is 5.32 Å². The van der Waals surface area contributed by atoms with Crippen LogP contribution >= 0.6 is 11.6 Å². The summed E-state index contributed by atoms with van der Waals surface area (Å²) < 4.78 is 24.1. The number of carboxylic acid groups (broad SMARTS) is 1. The van der Waals surface area contributed by atoms with Crippen molar-refractivity contribution in [2.24, 2.45) is 5.92 Å². The number of halogens is 1. The monoisotopic (exact) mass is 319 g/mol. The summed E-state index contributed by atoms with van der Waals surface area (Å²) in [4.78, 5) is 11.2. The van der Waals surface area contributed by atoms with E-state index in [1.54, 1.807) is 13.8 Å². The van der Waals surface area contributed by atoms with Gasteiger partial charge in [-0.05, 0) is 30.2 Å². The number of nitrogens with one attached hydrogen (secondary N) is 1. The van der Waals surface area contributed by atoms with Crippen LogP contribution in [0, 0.1) is 5.92 Å². The van der Waals surface area contributed by atoms with Gasteiger partial charge in [0.15, 0.2) is 9.84 Å². The Bertz CT molecular complexity index is 554. The molecule has 0 amide bonds. The van der Waals surface area contributed by atoms with Crippen LogP contribution in [0.3, 0.4) is 0 Å². The molecule has 0 saturated carbocycles. The average molecular weight is 320 g/mol. The molecule has 0 bridgehead atoms. The molecule has 0 spiro atoms. The van der Waals surface area contributed by atoms with Gasteiger partial charge in [-0.25, -0.2) is 8.42 Å². The van der Waals surface area contributed by atoms with Crippen LogP contribution in [0.5, 0.6) is 0 Å². The minimum absolute atomic E-state index is 0.0834. The Kier molecular flexibility index (Phi) is 5.98. The Morgan fingerprint density at radius 1 is 1.30 bits per heavy atom. The summed E-state index contributed by atoms with van der Waals surface area (Å²) in [5, 5.41) is 12.2. The number of hydrogen-bond acceptors (Lipinski definition) is 4. The van der Waals surface area contributed by atoms with Crippen molar-refractivity contribution in [1.82, 2.24) is 5.32 Å². The van der Waals surface area contributed by atoms with Crippen molar-refractivity contribution in [3.05, 3.63) is 29.3 Å². The van der Waals surface area contributed by atoms with Crippen molar-refractivity contribution in [1.29, 1.82) is 0 Å². The van der Waals surface area contributed by atoms with Crippen molar-refractivity contribution >= 4 is 27.4 Å². The standard InChI is InChI=1S/C13H18ClNO4S/c1-9(2)12(13(16)17)15-7-8-20(18,19)11-5-3-10(14)4-6-11/h3-6,9,12,15H,7-8H2,1-2H3,(H,16,17). The second-order valence-electron chi connectivity index (χ2n) is 4.79. The van der Waals surface area contributed by atoms with Gasteiger partial charge in [0, 0.05) is 11.6 Å². The number of hydrogen-bond donors (Lipinski definition) is 2. The van der Waals surface area contributed by atoms with Crippen molar-refractivity contribution < 1.29 is 18.3 Å². The van der Waals surface area contributed by atoms with Crippen molar-refractivity contribution in [2.75, 3.05) is 12.3 Å². The normalized spacial score (nSPS) is 13.4. The highest BCUT2D eigenvalue weighted by Gasteiger charge is 2.22. The number of carboxylic acids is 1. The van der Waals surface area contributed by atoms with Gasteiger partial charge in [-0.1, -0.05) is 25.4 Å². The highest BCUT2D eigenvalue weighted by Crippen LogP contribution is 2.15. The fraction of sp³-hybridized carbons (Fsp3) is 0.462. The molecule has 0 heterocycles. The summed E-state index contributed by atoms with van der Waals surface area (Å²) in [5.41, 5.74) is 0. The van der Waals surface area contributed by atoms with E-state index in [9.17, 15) is 13.2 Å². The van der Waals surface area contributed by atoms with Gasteiger partial charge in [-0.2, -0.15) is 0 Å². The molecule has 1 aromatic carbocycles. The zero-order valence-electron chi connectivity index (χ0n) is 11.3. The summed E-state index contributed by atoms with van der Waals surface area (Å²) in [7, 11) is -3.44. The SMILES string of the molecule is CC(C)C(NCCS(=O)(=O)c1ccc(Cl)cc1)C(=O)O. The maximum Gasteiger partial charge on any atom is 0.320 e. The van der Waals surface area contributed by atoms with E-state index in [1.165, 1.54) is 24.3 Å². The first-order valence-corrected chi connectivity index (χ1v) is 8.21. The van der Waals surface area contributed by atoms with Crippen LogP contribution in [0.1, 0.15) is 13.8 Å². The first-order chi connectivity index (χ1) is 9.24. The third kappa shape index (κ3) is 4.77. The molecule has 1 atom stereocenters. The first-order valence-electron chi connectivity index (χ1n) is 6.18. The third-order valence-electron chi connectivity index (χ3n) is 2.84. The molecular formula is C13H18ClNO4S. The second kappa shape index (κ2) is 7.06. The Balaban J connectivity index is 2.64. The maximum absolute atomic E-state index is 12.0. The number of aliphatic carboxylic acids is 1. The minimum atomic E-state index is -3.44. The Morgan fingerprint density at radius 2 is 1.85 bits per heavy atom. The predicted octanol–water partition coefficient (Wildman–Crippen LogP) is 1.81. The first kappa shape index (κ1) is 16.9. The Hall–Kier alpha value is -1.11. The lowest BCUT2D eigenvalue weighted by molar-refractivity contribution is -0.140. The summed E-state index contributed by atoms with van der Waals surface area (Å²) >= 11 is 5.70. The summed E-state index contributed by atoms with van der Waals surface area (Å²) in [6.45, 7) is 3.61. The molecule has 2 N–H and O–H groups in total. The summed E-state index contributed by atoms with van der Waals surface area (Å²) in [5.74, 6) is -1.26. The average Bonchev–Trinajstić information content (AvgIpc) is 2.34. The molecule has 112 valence electrons. The lowest BCUT2D eigenvalue weighted by Gasteiger charge is -2.17. The molecule has 0 radical (unpaired) electrons. The molecule has 0 aromatic heterocycles. The zero-order valence-corrected chi connectivity index (χ0v) is 12.9. The van der Waals surface area contributed by atoms with Crippen molar-refractivity contribution in [2.45, 2.75) is 24.8 Å². The van der Waals surface area contributed by atoms with Gasteiger partial charge in [0.1, 0.15) is 6.04 Å². The van der Waals surface area contributed by atoms with E-state index in [4.69, 9.17) is 16.7 Å². The van der Waals surface area contributed by atoms with Gasteiger partial charge in [-0.3, -0.25) is 4.79 Å². The van der Waals surface area contributed by atoms with Gasteiger partial charge in [0.25, 0.3) is 0 Å². The molecular weight excluding hydrogens is 302 g/mol. The van der Waals surface area contributed by atoms with E-state index in [1.807, 2.05) is 0 Å². The van der Waals surface area contributed by atoms with Crippen LogP contribution in [0.2, 0.25) is 5.02 Å². The van der Waals surface area contributed by atoms with Gasteiger partial charge in [-0.15, -0.1) is 0 Å². The highest BCUT2D eigenvalue weighted by atomic mass is 35.5. The smallest absolute Gasteiger partial charge is 0.320 e. The molecule has 1 aromatic rings. The molecule has 1 unspecified atom stereocenters. The molecule has 1 rings (SSSR count). The van der Waals surface area contributed by atoms with Crippen LogP contribution in [0.25, 0.3) is 0 Å². The molecule has 0 fully saturated rings. The van der Waals surface area contributed by atoms with Crippen LogP contribution in [-0.2, 0) is 14.6 Å². The number of benzene rings is 1. The zero-order chi connectivity index (χ0) is 15.3. The van der Waals surface area contributed by atoms with Crippen LogP contribution in [-0.4, -0.2) is 37.8 Å². The molecule has 5 nitrogen and oxygen atoms in total. The lowest BCUT2D eigenvalue weighted by Crippen LogP contribution is -2.42. The summed E-state index contributed by atoms with van der Waals surface area (Å²) in [6.07, 6.45) is 0. The molecule has 0 aliphatic heterocycles. The second-order valence-corrected chi connectivity index (χ2v) is 7.33. The third-order valence-corrected chi connectivity index (χ3v) is 4.82. The quantitative estimate of drug-likeness (QED) is 0.801. The molecule has 0 aliphatic rings. The van der Waals surface area contributed by atoms with Gasteiger partial charge in [0.05, 0.1) is 10.6 Å². The molecule has 0 aliphatic carbocycles. The van der Waals surface area contributed by atoms with Crippen molar-refractivity contribution in [3.8, 4) is 0 Å². The summed E-state index contributed by atoms with van der Waals surface area (Å²) in [6, 6.07) is 5.14. The molecule has 0 saturated heterocycles. The van der Waals surface area contributed by atoms with E-state index in [-0.39, 0.29) is 23.1 Å². The maximum atomic E-state index is 12.0. The van der Waals surface area contributed by atoms with Gasteiger partial charge >= 0.3 is 5.97 Å².